The van der Waals surface area contributed by atoms with Crippen LogP contribution >= 0.6 is 15.9 Å². The Kier molecular flexibility index (Phi) is 3.71. The highest BCUT2D eigenvalue weighted by Gasteiger charge is 2.27. The number of piperidine rings is 1. The molecule has 0 bridgehead atoms. The third-order valence-electron chi connectivity index (χ3n) is 5.61. The average Bonchev–Trinajstić information content (AvgIpc) is 3.10. The largest absolute Gasteiger partial charge is 0.343 e. The van der Waals surface area contributed by atoms with E-state index in [0.29, 0.717) is 42.7 Å². The Morgan fingerprint density at radius 3 is 2.71 bits per heavy atom. The second-order valence-electron chi connectivity index (χ2n) is 7.49. The Hall–Kier alpha value is -2.15. The van der Waals surface area contributed by atoms with Crippen molar-refractivity contribution in [3.8, 4) is 0 Å². The predicted octanol–water partition coefficient (Wildman–Crippen LogP) is 3.68. The molecule has 2 aromatic heterocycles. The van der Waals surface area contributed by atoms with Crippen LogP contribution in [-0.4, -0.2) is 37.8 Å². The minimum atomic E-state index is -2.70. The van der Waals surface area contributed by atoms with Crippen molar-refractivity contribution in [1.82, 2.24) is 18.9 Å². The third-order valence-corrected chi connectivity index (χ3v) is 6.04. The molecule has 0 N–H and O–H groups in total. The van der Waals surface area contributed by atoms with Crippen LogP contribution in [0.3, 0.4) is 0 Å². The fraction of sp³-hybridized carbons (Fsp3) is 0.476. The summed E-state index contributed by atoms with van der Waals surface area (Å²) < 4.78 is 35.3. The number of carbonyl (C=O) groups is 1. The number of alkyl halides is 1. The standard InChI is InChI=1S/C21H25BrN4O2/c1-12-9-16(13(2)22)19-17(10-12)21(28)24(4)20-18(23-11-26(19)20)15-5-7-25(8-6-15)14(3)27/h9-11,13,15H,5-8H2,1-4H3/i4D3,13D. The van der Waals surface area contributed by atoms with Crippen LogP contribution in [0.15, 0.2) is 23.3 Å². The lowest BCUT2D eigenvalue weighted by Crippen LogP contribution is -2.36. The summed E-state index contributed by atoms with van der Waals surface area (Å²) in [6.45, 7) is 3.42. The van der Waals surface area contributed by atoms with E-state index in [9.17, 15) is 9.59 Å². The topological polar surface area (TPSA) is 59.6 Å². The zero-order chi connectivity index (χ0) is 23.6. The summed E-state index contributed by atoms with van der Waals surface area (Å²) >= 11 is 3.39. The summed E-state index contributed by atoms with van der Waals surface area (Å²) in [5, 5.41) is 0.233. The first-order chi connectivity index (χ1) is 14.8. The van der Waals surface area contributed by atoms with Gasteiger partial charge in [0, 0.05) is 43.2 Å². The molecule has 0 aliphatic carbocycles. The molecule has 3 heterocycles. The number of halogens is 1. The SMILES string of the molecule is [2H]C(C)(Br)c1cc(C)cc2c(=O)n(C([2H])([2H])[2H])c3c(C4CCN(C(C)=O)CC4)ncn3c12. The molecular weight excluding hydrogens is 420 g/mol. The molecule has 1 fully saturated rings. The molecule has 3 aromatic rings. The lowest BCUT2D eigenvalue weighted by atomic mass is 9.93. The number of aryl methyl sites for hydroxylation is 2. The molecule has 1 atom stereocenters. The summed E-state index contributed by atoms with van der Waals surface area (Å²) in [5.41, 5.74) is 1.93. The molecule has 28 heavy (non-hydrogen) atoms. The highest BCUT2D eigenvalue weighted by Crippen LogP contribution is 2.34. The molecule has 7 heteroatoms. The van der Waals surface area contributed by atoms with Crippen LogP contribution in [0.4, 0.5) is 0 Å². The number of nitrogens with zero attached hydrogens (tertiary/aromatic N) is 4. The molecule has 0 saturated carbocycles. The number of hydrogen-bond donors (Lipinski definition) is 0. The summed E-state index contributed by atoms with van der Waals surface area (Å²) in [6, 6.07) is 3.49. The summed E-state index contributed by atoms with van der Waals surface area (Å²) in [6.07, 6.45) is 2.81. The van der Waals surface area contributed by atoms with Crippen LogP contribution in [0.5, 0.6) is 0 Å². The number of imidazole rings is 1. The first-order valence-corrected chi connectivity index (χ1v) is 10.1. The smallest absolute Gasteiger partial charge is 0.261 e. The molecule has 0 radical (unpaired) electrons. The van der Waals surface area contributed by atoms with Gasteiger partial charge >= 0.3 is 0 Å². The summed E-state index contributed by atoms with van der Waals surface area (Å²) in [4.78, 5) is 30.4. The van der Waals surface area contributed by atoms with E-state index < -0.39 is 17.3 Å². The molecule has 1 aliphatic heterocycles. The van der Waals surface area contributed by atoms with E-state index in [-0.39, 0.29) is 22.9 Å². The van der Waals surface area contributed by atoms with Gasteiger partial charge in [-0.3, -0.25) is 18.6 Å². The highest BCUT2D eigenvalue weighted by molar-refractivity contribution is 9.09. The monoisotopic (exact) mass is 448 g/mol. The maximum Gasteiger partial charge on any atom is 0.261 e. The highest BCUT2D eigenvalue weighted by atomic mass is 79.9. The van der Waals surface area contributed by atoms with Gasteiger partial charge in [0.05, 0.1) is 16.6 Å². The zero-order valence-corrected chi connectivity index (χ0v) is 17.7. The number of aromatic nitrogens is 3. The van der Waals surface area contributed by atoms with Crippen molar-refractivity contribution in [1.29, 1.82) is 0 Å². The third kappa shape index (κ3) is 2.96. The van der Waals surface area contributed by atoms with E-state index >= 15 is 0 Å². The molecule has 1 aliphatic rings. The Labute approximate surface area is 177 Å². The van der Waals surface area contributed by atoms with E-state index in [1.54, 1.807) is 28.6 Å². The second-order valence-corrected chi connectivity index (χ2v) is 8.68. The maximum absolute atomic E-state index is 13.5. The molecular formula is C21H25BrN4O2. The Morgan fingerprint density at radius 2 is 2.11 bits per heavy atom. The minimum absolute atomic E-state index is 0.00982. The number of benzene rings is 1. The van der Waals surface area contributed by atoms with Crippen molar-refractivity contribution in [2.75, 3.05) is 13.1 Å². The minimum Gasteiger partial charge on any atom is -0.343 e. The predicted molar refractivity (Wildman–Crippen MR) is 114 cm³/mol. The lowest BCUT2D eigenvalue weighted by Gasteiger charge is -2.30. The van der Waals surface area contributed by atoms with Gasteiger partial charge in [0.15, 0.2) is 0 Å². The van der Waals surface area contributed by atoms with Gasteiger partial charge in [-0.2, -0.15) is 0 Å². The van der Waals surface area contributed by atoms with Gasteiger partial charge in [-0.25, -0.2) is 4.98 Å². The fourth-order valence-corrected chi connectivity index (χ4v) is 4.48. The summed E-state index contributed by atoms with van der Waals surface area (Å²) in [5.74, 6) is -0.0723. The van der Waals surface area contributed by atoms with Gasteiger partial charge < -0.3 is 4.90 Å². The van der Waals surface area contributed by atoms with Gasteiger partial charge in [0.25, 0.3) is 5.56 Å². The van der Waals surface area contributed by atoms with Crippen LogP contribution in [0, 0.1) is 6.92 Å². The number of carbonyl (C=O) groups excluding carboxylic acids is 1. The second kappa shape index (κ2) is 7.03. The number of likely N-dealkylation sites (tertiary alicyclic amines) is 1. The summed E-state index contributed by atoms with van der Waals surface area (Å²) in [7, 11) is 0. The first kappa shape index (κ1) is 14.8. The van der Waals surface area contributed by atoms with Crippen molar-refractivity contribution in [2.45, 2.75) is 44.3 Å². The molecule has 1 aromatic carbocycles. The van der Waals surface area contributed by atoms with Crippen LogP contribution in [0.2, 0.25) is 0 Å². The van der Waals surface area contributed by atoms with E-state index in [1.165, 1.54) is 6.92 Å². The van der Waals surface area contributed by atoms with Crippen LogP contribution in [0.25, 0.3) is 16.6 Å². The molecule has 6 nitrogen and oxygen atoms in total. The molecule has 1 amide bonds. The van der Waals surface area contributed by atoms with Gasteiger partial charge in [0.2, 0.25) is 5.91 Å². The molecule has 1 saturated heterocycles. The van der Waals surface area contributed by atoms with E-state index in [1.807, 2.05) is 13.0 Å². The quantitative estimate of drug-likeness (QED) is 0.561. The van der Waals surface area contributed by atoms with Crippen LogP contribution in [-0.2, 0) is 11.8 Å². The van der Waals surface area contributed by atoms with Crippen LogP contribution in [0.1, 0.15) is 59.7 Å². The lowest BCUT2D eigenvalue weighted by molar-refractivity contribution is -0.129. The van der Waals surface area contributed by atoms with Crippen LogP contribution < -0.4 is 5.56 Å². The molecule has 0 spiro atoms. The zero-order valence-electron chi connectivity index (χ0n) is 20.1. The van der Waals surface area contributed by atoms with E-state index in [4.69, 9.17) is 5.48 Å². The van der Waals surface area contributed by atoms with Gasteiger partial charge in [-0.15, -0.1) is 0 Å². The Morgan fingerprint density at radius 1 is 1.39 bits per heavy atom. The number of fused-ring (bicyclic) bond motifs is 3. The first-order valence-electron chi connectivity index (χ1n) is 11.3. The van der Waals surface area contributed by atoms with Gasteiger partial charge in [-0.1, -0.05) is 22.0 Å². The van der Waals surface area contributed by atoms with Gasteiger partial charge in [-0.05, 0) is 43.9 Å². The van der Waals surface area contributed by atoms with Crippen molar-refractivity contribution in [2.24, 2.45) is 6.98 Å². The Bertz CT molecular complexity index is 1280. The van der Waals surface area contributed by atoms with Gasteiger partial charge in [0.1, 0.15) is 12.0 Å². The molecule has 4 rings (SSSR count). The van der Waals surface area contributed by atoms with Crippen molar-refractivity contribution >= 4 is 38.4 Å². The fourth-order valence-electron chi connectivity index (χ4n) is 4.18. The Balaban J connectivity index is 2.06. The number of amides is 1. The van der Waals surface area contributed by atoms with Crippen molar-refractivity contribution in [3.63, 3.8) is 0 Å². The maximum atomic E-state index is 13.5. The average molecular weight is 449 g/mol. The molecule has 148 valence electrons. The van der Waals surface area contributed by atoms with E-state index in [0.717, 1.165) is 10.1 Å². The molecule has 1 unspecified atom stereocenters. The van der Waals surface area contributed by atoms with E-state index in [2.05, 4.69) is 20.9 Å². The van der Waals surface area contributed by atoms with Crippen molar-refractivity contribution < 1.29 is 10.3 Å². The number of hydrogen-bond acceptors (Lipinski definition) is 3. The number of rotatable bonds is 2. The normalized spacial score (nSPS) is 20.5. The van der Waals surface area contributed by atoms with Crippen molar-refractivity contribution in [3.05, 3.63) is 45.6 Å².